The van der Waals surface area contributed by atoms with Crippen molar-refractivity contribution in [3.05, 3.63) is 47.9 Å². The molecule has 1 heterocycles. The summed E-state index contributed by atoms with van der Waals surface area (Å²) in [7, 11) is 1.34. The second kappa shape index (κ2) is 6.83. The second-order valence-corrected chi connectivity index (χ2v) is 4.72. The van der Waals surface area contributed by atoms with Crippen molar-refractivity contribution in [3.8, 4) is 11.5 Å². The van der Waals surface area contributed by atoms with Gasteiger partial charge in [-0.2, -0.15) is 0 Å². The van der Waals surface area contributed by atoms with Gasteiger partial charge in [-0.15, -0.1) is 0 Å². The molecule has 0 aliphatic rings. The lowest BCUT2D eigenvalue weighted by Crippen LogP contribution is -2.08. The van der Waals surface area contributed by atoms with Crippen LogP contribution in [0.4, 0.5) is 0 Å². The number of ether oxygens (including phenoxy) is 3. The van der Waals surface area contributed by atoms with Gasteiger partial charge in [-0.25, -0.2) is 4.79 Å². The predicted molar refractivity (Wildman–Crippen MR) is 76.6 cm³/mol. The Hall–Kier alpha value is -2.43. The first-order chi connectivity index (χ1) is 10.1. The van der Waals surface area contributed by atoms with Crippen LogP contribution in [0.2, 0.25) is 0 Å². The van der Waals surface area contributed by atoms with Crippen LogP contribution in [0, 0.1) is 0 Å². The van der Waals surface area contributed by atoms with Crippen LogP contribution >= 0.6 is 0 Å². The van der Waals surface area contributed by atoms with Crippen LogP contribution in [0.3, 0.4) is 0 Å². The van der Waals surface area contributed by atoms with Gasteiger partial charge in [0, 0.05) is 6.07 Å². The number of esters is 1. The molecule has 2 rings (SSSR count). The van der Waals surface area contributed by atoms with Crippen molar-refractivity contribution in [3.63, 3.8) is 0 Å². The summed E-state index contributed by atoms with van der Waals surface area (Å²) >= 11 is 0. The van der Waals surface area contributed by atoms with Crippen molar-refractivity contribution in [2.75, 3.05) is 7.11 Å². The summed E-state index contributed by atoms with van der Waals surface area (Å²) in [6.45, 7) is 4.10. The summed E-state index contributed by atoms with van der Waals surface area (Å²) in [6.07, 6.45) is 1.58. The molecule has 0 atom stereocenters. The fraction of sp³-hybridized carbons (Fsp3) is 0.312. The highest BCUT2D eigenvalue weighted by molar-refractivity contribution is 5.90. The Bertz CT molecular complexity index is 587. The highest BCUT2D eigenvalue weighted by Crippen LogP contribution is 2.25. The van der Waals surface area contributed by atoms with Gasteiger partial charge in [0.1, 0.15) is 23.9 Å². The summed E-state index contributed by atoms with van der Waals surface area (Å²) in [4.78, 5) is 11.7. The van der Waals surface area contributed by atoms with Crippen LogP contribution in [-0.2, 0) is 11.3 Å². The van der Waals surface area contributed by atoms with Gasteiger partial charge < -0.3 is 18.6 Å². The SMILES string of the molecule is COC(=O)c1cc(OCc2ccco2)cc(OC(C)C)c1. The number of methoxy groups -OCH3 is 1. The predicted octanol–water partition coefficient (Wildman–Crippen LogP) is 3.43. The molecule has 0 spiro atoms. The lowest BCUT2D eigenvalue weighted by atomic mass is 10.2. The van der Waals surface area contributed by atoms with E-state index in [4.69, 9.17) is 18.6 Å². The van der Waals surface area contributed by atoms with Crippen LogP contribution < -0.4 is 9.47 Å². The van der Waals surface area contributed by atoms with E-state index in [0.29, 0.717) is 22.8 Å². The molecule has 5 nitrogen and oxygen atoms in total. The molecule has 0 unspecified atom stereocenters. The van der Waals surface area contributed by atoms with Gasteiger partial charge in [-0.1, -0.05) is 0 Å². The van der Waals surface area contributed by atoms with Gasteiger partial charge in [0.15, 0.2) is 0 Å². The van der Waals surface area contributed by atoms with E-state index in [-0.39, 0.29) is 12.7 Å². The number of hydrogen-bond donors (Lipinski definition) is 0. The first kappa shape index (κ1) is 15.0. The standard InChI is InChI=1S/C16H18O5/c1-11(2)21-15-8-12(16(17)18-3)7-14(9-15)20-10-13-5-4-6-19-13/h4-9,11H,10H2,1-3H3. The smallest absolute Gasteiger partial charge is 0.338 e. The molecule has 0 amide bonds. The summed E-state index contributed by atoms with van der Waals surface area (Å²) in [5.74, 6) is 1.34. The molecule has 1 aromatic carbocycles. The molecular formula is C16H18O5. The Morgan fingerprint density at radius 2 is 2.00 bits per heavy atom. The van der Waals surface area contributed by atoms with Gasteiger partial charge in [-0.3, -0.25) is 0 Å². The van der Waals surface area contributed by atoms with E-state index in [1.54, 1.807) is 30.5 Å². The molecule has 0 radical (unpaired) electrons. The molecule has 0 N–H and O–H groups in total. The molecule has 0 saturated carbocycles. The third-order valence-electron chi connectivity index (χ3n) is 2.63. The molecule has 0 aliphatic heterocycles. The lowest BCUT2D eigenvalue weighted by Gasteiger charge is -2.13. The number of benzene rings is 1. The topological polar surface area (TPSA) is 57.9 Å². The zero-order valence-electron chi connectivity index (χ0n) is 12.3. The van der Waals surface area contributed by atoms with E-state index in [9.17, 15) is 4.79 Å². The maximum atomic E-state index is 11.7. The average molecular weight is 290 g/mol. The Morgan fingerprint density at radius 3 is 2.62 bits per heavy atom. The van der Waals surface area contributed by atoms with E-state index < -0.39 is 5.97 Å². The summed E-state index contributed by atoms with van der Waals surface area (Å²) in [5, 5.41) is 0. The van der Waals surface area contributed by atoms with Crippen LogP contribution in [0.25, 0.3) is 0 Å². The van der Waals surface area contributed by atoms with Crippen LogP contribution in [0.15, 0.2) is 41.0 Å². The lowest BCUT2D eigenvalue weighted by molar-refractivity contribution is 0.0599. The maximum absolute atomic E-state index is 11.7. The fourth-order valence-corrected chi connectivity index (χ4v) is 1.78. The quantitative estimate of drug-likeness (QED) is 0.763. The van der Waals surface area contributed by atoms with Crippen molar-refractivity contribution in [1.29, 1.82) is 0 Å². The molecule has 0 bridgehead atoms. The highest BCUT2D eigenvalue weighted by atomic mass is 16.5. The van der Waals surface area contributed by atoms with Crippen LogP contribution in [-0.4, -0.2) is 19.2 Å². The molecule has 0 aliphatic carbocycles. The molecule has 112 valence electrons. The minimum absolute atomic E-state index is 0.00387. The highest BCUT2D eigenvalue weighted by Gasteiger charge is 2.11. The fourth-order valence-electron chi connectivity index (χ4n) is 1.78. The minimum Gasteiger partial charge on any atom is -0.491 e. The van der Waals surface area contributed by atoms with Crippen molar-refractivity contribution < 1.29 is 23.4 Å². The first-order valence-corrected chi connectivity index (χ1v) is 6.63. The third kappa shape index (κ3) is 4.27. The van der Waals surface area contributed by atoms with Gasteiger partial charge in [-0.05, 0) is 38.1 Å². The molecule has 2 aromatic rings. The summed E-state index contributed by atoms with van der Waals surface area (Å²) in [5.41, 5.74) is 0.380. The van der Waals surface area contributed by atoms with E-state index in [0.717, 1.165) is 0 Å². The Kier molecular flexibility index (Phi) is 4.87. The molecule has 0 saturated heterocycles. The molecule has 21 heavy (non-hydrogen) atoms. The average Bonchev–Trinajstić information content (AvgIpc) is 2.96. The van der Waals surface area contributed by atoms with Crippen molar-refractivity contribution in [2.45, 2.75) is 26.6 Å². The van der Waals surface area contributed by atoms with E-state index in [2.05, 4.69) is 0 Å². The van der Waals surface area contributed by atoms with Gasteiger partial charge >= 0.3 is 5.97 Å². The maximum Gasteiger partial charge on any atom is 0.338 e. The van der Waals surface area contributed by atoms with Gasteiger partial charge in [0.25, 0.3) is 0 Å². The van der Waals surface area contributed by atoms with Gasteiger partial charge in [0.05, 0.1) is 25.0 Å². The number of rotatable bonds is 6. The molecular weight excluding hydrogens is 272 g/mol. The first-order valence-electron chi connectivity index (χ1n) is 6.63. The van der Waals surface area contributed by atoms with Gasteiger partial charge in [0.2, 0.25) is 0 Å². The van der Waals surface area contributed by atoms with E-state index >= 15 is 0 Å². The molecule has 0 fully saturated rings. The Balaban J connectivity index is 2.19. The normalized spacial score (nSPS) is 10.5. The number of carbonyl (C=O) groups is 1. The van der Waals surface area contributed by atoms with Crippen molar-refractivity contribution in [1.82, 2.24) is 0 Å². The number of furan rings is 1. The largest absolute Gasteiger partial charge is 0.491 e. The van der Waals surface area contributed by atoms with Crippen LogP contribution in [0.5, 0.6) is 11.5 Å². The third-order valence-corrected chi connectivity index (χ3v) is 2.63. The summed E-state index contributed by atoms with van der Waals surface area (Å²) in [6, 6.07) is 8.58. The Labute approximate surface area is 123 Å². The van der Waals surface area contributed by atoms with Crippen molar-refractivity contribution in [2.24, 2.45) is 0 Å². The zero-order valence-corrected chi connectivity index (χ0v) is 12.3. The summed E-state index contributed by atoms with van der Waals surface area (Å²) < 4.78 is 21.2. The van der Waals surface area contributed by atoms with Crippen molar-refractivity contribution >= 4 is 5.97 Å². The Morgan fingerprint density at radius 1 is 1.24 bits per heavy atom. The number of carbonyl (C=O) groups excluding carboxylic acids is 1. The van der Waals surface area contributed by atoms with E-state index in [1.807, 2.05) is 19.9 Å². The molecule has 1 aromatic heterocycles. The monoisotopic (exact) mass is 290 g/mol. The van der Waals surface area contributed by atoms with E-state index in [1.165, 1.54) is 7.11 Å². The minimum atomic E-state index is -0.438. The second-order valence-electron chi connectivity index (χ2n) is 4.72. The van der Waals surface area contributed by atoms with Crippen LogP contribution in [0.1, 0.15) is 30.0 Å². The molecule has 5 heteroatoms. The number of hydrogen-bond acceptors (Lipinski definition) is 5. The zero-order chi connectivity index (χ0) is 15.2.